The van der Waals surface area contributed by atoms with Crippen LogP contribution < -0.4 is 10.5 Å². The van der Waals surface area contributed by atoms with Gasteiger partial charge in [0.2, 0.25) is 0 Å². The van der Waals surface area contributed by atoms with Crippen molar-refractivity contribution < 1.29 is 14.3 Å². The van der Waals surface area contributed by atoms with Crippen molar-refractivity contribution in [1.82, 2.24) is 0 Å². The van der Waals surface area contributed by atoms with E-state index in [9.17, 15) is 4.79 Å². The Morgan fingerprint density at radius 1 is 1.44 bits per heavy atom. The van der Waals surface area contributed by atoms with Crippen molar-refractivity contribution in [3.63, 3.8) is 0 Å². The summed E-state index contributed by atoms with van der Waals surface area (Å²) in [5, 5.41) is 0. The van der Waals surface area contributed by atoms with Gasteiger partial charge in [0.05, 0.1) is 13.2 Å². The molecule has 0 fully saturated rings. The van der Waals surface area contributed by atoms with Crippen LogP contribution in [0.2, 0.25) is 0 Å². The molecule has 5 heteroatoms. The van der Waals surface area contributed by atoms with Gasteiger partial charge in [0.1, 0.15) is 11.3 Å². The molecule has 18 heavy (non-hydrogen) atoms. The highest BCUT2D eigenvalue weighted by atomic mass is 32.2. The fourth-order valence-corrected chi connectivity index (χ4v) is 1.89. The number of thioether (sulfide) groups is 1. The Labute approximate surface area is 112 Å². The first-order chi connectivity index (χ1) is 8.70. The first-order valence-corrected chi connectivity index (χ1v) is 7.27. The van der Waals surface area contributed by atoms with Crippen LogP contribution in [0.5, 0.6) is 5.75 Å². The molecule has 0 atom stereocenters. The summed E-state index contributed by atoms with van der Waals surface area (Å²) in [6.07, 6.45) is 2.85. The second-order valence-electron chi connectivity index (χ2n) is 3.64. The van der Waals surface area contributed by atoms with Crippen LogP contribution in [0.4, 0.5) is 5.69 Å². The van der Waals surface area contributed by atoms with Gasteiger partial charge in [-0.05, 0) is 37.5 Å². The van der Waals surface area contributed by atoms with Crippen molar-refractivity contribution in [1.29, 1.82) is 0 Å². The largest absolute Gasteiger partial charge is 0.493 e. The van der Waals surface area contributed by atoms with Gasteiger partial charge >= 0.3 is 5.97 Å². The lowest BCUT2D eigenvalue weighted by Crippen LogP contribution is -2.12. The summed E-state index contributed by atoms with van der Waals surface area (Å²) in [5.74, 6) is 1.03. The lowest BCUT2D eigenvalue weighted by Gasteiger charge is -2.11. The van der Waals surface area contributed by atoms with Gasteiger partial charge in [0.15, 0.2) is 0 Å². The number of carbonyl (C=O) groups is 1. The first-order valence-electron chi connectivity index (χ1n) is 5.88. The Balaban J connectivity index is 2.71. The van der Waals surface area contributed by atoms with Gasteiger partial charge in [-0.2, -0.15) is 11.8 Å². The molecule has 0 saturated heterocycles. The highest BCUT2D eigenvalue weighted by molar-refractivity contribution is 7.98. The Morgan fingerprint density at radius 2 is 2.22 bits per heavy atom. The molecule has 1 rings (SSSR count). The summed E-state index contributed by atoms with van der Waals surface area (Å²) in [4.78, 5) is 11.9. The Kier molecular flexibility index (Phi) is 6.43. The molecule has 2 N–H and O–H groups in total. The average molecular weight is 269 g/mol. The van der Waals surface area contributed by atoms with E-state index in [4.69, 9.17) is 15.2 Å². The monoisotopic (exact) mass is 269 g/mol. The molecule has 100 valence electrons. The van der Waals surface area contributed by atoms with E-state index in [-0.39, 0.29) is 0 Å². The molecule has 1 aromatic carbocycles. The smallest absolute Gasteiger partial charge is 0.344 e. The number of nitrogens with two attached hydrogens (primary N) is 1. The highest BCUT2D eigenvalue weighted by Crippen LogP contribution is 2.25. The van der Waals surface area contributed by atoms with Crippen LogP contribution in [-0.2, 0) is 4.74 Å². The van der Waals surface area contributed by atoms with Gasteiger partial charge in [-0.3, -0.25) is 0 Å². The first kappa shape index (κ1) is 14.7. The molecule has 0 aliphatic heterocycles. The van der Waals surface area contributed by atoms with Crippen LogP contribution in [0.25, 0.3) is 0 Å². The summed E-state index contributed by atoms with van der Waals surface area (Å²) in [5.41, 5.74) is 6.51. The van der Waals surface area contributed by atoms with Crippen LogP contribution >= 0.6 is 11.8 Å². The zero-order valence-electron chi connectivity index (χ0n) is 10.8. The van der Waals surface area contributed by atoms with Gasteiger partial charge in [0.25, 0.3) is 0 Å². The Hall–Kier alpha value is -1.36. The number of nitrogen functional groups attached to an aromatic ring is 1. The third-order valence-electron chi connectivity index (χ3n) is 2.29. The van der Waals surface area contributed by atoms with Crippen molar-refractivity contribution in [2.24, 2.45) is 0 Å². The third kappa shape index (κ3) is 4.14. The summed E-state index contributed by atoms with van der Waals surface area (Å²) in [6.45, 7) is 2.74. The second kappa shape index (κ2) is 7.87. The minimum Gasteiger partial charge on any atom is -0.493 e. The average Bonchev–Trinajstić information content (AvgIpc) is 2.35. The van der Waals surface area contributed by atoms with Crippen LogP contribution in [0, 0.1) is 0 Å². The van der Waals surface area contributed by atoms with Crippen molar-refractivity contribution in [3.05, 3.63) is 23.8 Å². The number of anilines is 1. The molecule has 0 aliphatic rings. The van der Waals surface area contributed by atoms with E-state index in [1.165, 1.54) is 0 Å². The maximum absolute atomic E-state index is 11.9. The van der Waals surface area contributed by atoms with Gasteiger partial charge < -0.3 is 15.2 Å². The van der Waals surface area contributed by atoms with Crippen molar-refractivity contribution in [3.8, 4) is 5.75 Å². The molecule has 0 amide bonds. The van der Waals surface area contributed by atoms with E-state index < -0.39 is 5.97 Å². The molecule has 1 aromatic rings. The van der Waals surface area contributed by atoms with Gasteiger partial charge in [-0.25, -0.2) is 4.79 Å². The standard InChI is InChI=1S/C13H19NO3S/c1-3-16-11-7-4-6-10(14)12(11)13(15)17-8-5-9-18-2/h4,6-7H,3,5,8-9,14H2,1-2H3. The van der Waals surface area contributed by atoms with Crippen molar-refractivity contribution in [2.45, 2.75) is 13.3 Å². The predicted octanol–water partition coefficient (Wildman–Crippen LogP) is 2.58. The van der Waals surface area contributed by atoms with Gasteiger partial charge in [-0.1, -0.05) is 6.07 Å². The molecule has 0 aromatic heterocycles. The van der Waals surface area contributed by atoms with Crippen LogP contribution in [0.3, 0.4) is 0 Å². The molecule has 0 bridgehead atoms. The summed E-state index contributed by atoms with van der Waals surface area (Å²) >= 11 is 1.72. The van der Waals surface area contributed by atoms with Crippen molar-refractivity contribution in [2.75, 3.05) is 31.0 Å². The maximum atomic E-state index is 11.9. The normalized spacial score (nSPS) is 10.1. The number of hydrogen-bond acceptors (Lipinski definition) is 5. The summed E-state index contributed by atoms with van der Waals surface area (Å²) in [7, 11) is 0. The van der Waals surface area contributed by atoms with Gasteiger partial charge in [0, 0.05) is 5.69 Å². The molecule has 0 saturated carbocycles. The molecule has 0 aliphatic carbocycles. The number of esters is 1. The fourth-order valence-electron chi connectivity index (χ4n) is 1.48. The third-order valence-corrected chi connectivity index (χ3v) is 2.99. The number of ether oxygens (including phenoxy) is 2. The summed E-state index contributed by atoms with van der Waals surface area (Å²) < 4.78 is 10.6. The molecule has 0 unspecified atom stereocenters. The van der Waals surface area contributed by atoms with Gasteiger partial charge in [-0.15, -0.1) is 0 Å². The fraction of sp³-hybridized carbons (Fsp3) is 0.462. The second-order valence-corrected chi connectivity index (χ2v) is 4.62. The van der Waals surface area contributed by atoms with E-state index in [0.29, 0.717) is 30.2 Å². The Bertz CT molecular complexity index is 396. The molecule has 0 heterocycles. The van der Waals surface area contributed by atoms with E-state index in [1.807, 2.05) is 13.2 Å². The molecule has 0 spiro atoms. The molecule has 4 nitrogen and oxygen atoms in total. The SMILES string of the molecule is CCOc1cccc(N)c1C(=O)OCCCSC. The predicted molar refractivity (Wildman–Crippen MR) is 75.3 cm³/mol. The number of benzene rings is 1. The van der Waals surface area contributed by atoms with Crippen LogP contribution in [0.1, 0.15) is 23.7 Å². The van der Waals surface area contributed by atoms with Crippen LogP contribution in [0.15, 0.2) is 18.2 Å². The van der Waals surface area contributed by atoms with E-state index in [0.717, 1.165) is 12.2 Å². The lowest BCUT2D eigenvalue weighted by atomic mass is 10.1. The Morgan fingerprint density at radius 3 is 2.89 bits per heavy atom. The quantitative estimate of drug-likeness (QED) is 0.468. The van der Waals surface area contributed by atoms with E-state index in [2.05, 4.69) is 0 Å². The van der Waals surface area contributed by atoms with Crippen molar-refractivity contribution >= 4 is 23.4 Å². The van der Waals surface area contributed by atoms with E-state index in [1.54, 1.807) is 30.0 Å². The molecule has 0 radical (unpaired) electrons. The lowest BCUT2D eigenvalue weighted by molar-refractivity contribution is 0.0503. The number of carbonyl (C=O) groups excluding carboxylic acids is 1. The molecular formula is C13H19NO3S. The molecular weight excluding hydrogens is 250 g/mol. The maximum Gasteiger partial charge on any atom is 0.344 e. The topological polar surface area (TPSA) is 61.5 Å². The zero-order valence-corrected chi connectivity index (χ0v) is 11.6. The van der Waals surface area contributed by atoms with E-state index >= 15 is 0 Å². The number of hydrogen-bond donors (Lipinski definition) is 1. The minimum absolute atomic E-state index is 0.323. The summed E-state index contributed by atoms with van der Waals surface area (Å²) in [6, 6.07) is 5.14. The number of rotatable bonds is 7. The minimum atomic E-state index is -0.419. The van der Waals surface area contributed by atoms with Crippen LogP contribution in [-0.4, -0.2) is 31.2 Å². The zero-order chi connectivity index (χ0) is 13.4. The highest BCUT2D eigenvalue weighted by Gasteiger charge is 2.17.